The topological polar surface area (TPSA) is 105 Å². The van der Waals surface area contributed by atoms with Crippen LogP contribution in [0.3, 0.4) is 0 Å². The lowest BCUT2D eigenvalue weighted by Crippen LogP contribution is -2.53. The summed E-state index contributed by atoms with van der Waals surface area (Å²) in [5.74, 6) is -0.272. The van der Waals surface area contributed by atoms with Gasteiger partial charge in [-0.1, -0.05) is 54.1 Å². The summed E-state index contributed by atoms with van der Waals surface area (Å²) >= 11 is 6.20. The molecule has 2 amide bonds. The van der Waals surface area contributed by atoms with Gasteiger partial charge in [0.15, 0.2) is 11.5 Å². The quantitative estimate of drug-likeness (QED) is 0.377. The van der Waals surface area contributed by atoms with Gasteiger partial charge in [0.1, 0.15) is 12.6 Å². The Bertz CT molecular complexity index is 1430. The van der Waals surface area contributed by atoms with Gasteiger partial charge in [0.25, 0.3) is 0 Å². The number of carbonyl (C=O) groups excluding carboxylic acids is 2. The molecule has 4 rings (SSSR count). The van der Waals surface area contributed by atoms with Gasteiger partial charge in [-0.05, 0) is 42.3 Å². The van der Waals surface area contributed by atoms with E-state index in [1.54, 1.807) is 36.4 Å². The Labute approximate surface area is 233 Å². The second kappa shape index (κ2) is 12.4. The fourth-order valence-corrected chi connectivity index (χ4v) is 5.58. The summed E-state index contributed by atoms with van der Waals surface area (Å²) in [4.78, 5) is 28.6. The number of likely N-dealkylation sites (N-methyl/N-ethyl adjacent to an activating group) is 1. The van der Waals surface area contributed by atoms with Crippen LogP contribution in [0.15, 0.2) is 72.8 Å². The van der Waals surface area contributed by atoms with Crippen molar-refractivity contribution in [2.75, 3.05) is 30.4 Å². The van der Waals surface area contributed by atoms with Gasteiger partial charge in [-0.15, -0.1) is 0 Å². The predicted molar refractivity (Wildman–Crippen MR) is 149 cm³/mol. The van der Waals surface area contributed by atoms with E-state index in [9.17, 15) is 18.0 Å². The highest BCUT2D eigenvalue weighted by molar-refractivity contribution is 7.92. The first-order valence-electron chi connectivity index (χ1n) is 12.4. The molecule has 1 atom stereocenters. The first kappa shape index (κ1) is 28.3. The van der Waals surface area contributed by atoms with Gasteiger partial charge in [0, 0.05) is 31.1 Å². The molecule has 1 aliphatic rings. The summed E-state index contributed by atoms with van der Waals surface area (Å²) in [7, 11) is -2.38. The molecule has 39 heavy (non-hydrogen) atoms. The van der Waals surface area contributed by atoms with Crippen molar-refractivity contribution in [3.63, 3.8) is 0 Å². The van der Waals surface area contributed by atoms with Crippen LogP contribution >= 0.6 is 11.6 Å². The van der Waals surface area contributed by atoms with Crippen molar-refractivity contribution in [2.24, 2.45) is 0 Å². The van der Waals surface area contributed by atoms with Crippen molar-refractivity contribution in [1.29, 1.82) is 0 Å². The van der Waals surface area contributed by atoms with Gasteiger partial charge in [0.2, 0.25) is 28.6 Å². The summed E-state index contributed by atoms with van der Waals surface area (Å²) in [5.41, 5.74) is 1.81. The maximum absolute atomic E-state index is 14.0. The smallest absolute Gasteiger partial charge is 0.244 e. The Morgan fingerprint density at radius 2 is 1.69 bits per heavy atom. The van der Waals surface area contributed by atoms with E-state index in [0.717, 1.165) is 9.87 Å². The van der Waals surface area contributed by atoms with Crippen LogP contribution in [-0.4, -0.2) is 57.3 Å². The minimum atomic E-state index is -3.88. The van der Waals surface area contributed by atoms with Crippen molar-refractivity contribution < 1.29 is 27.5 Å². The summed E-state index contributed by atoms with van der Waals surface area (Å²) in [6.07, 6.45) is 0.234. The average molecular weight is 572 g/mol. The molecule has 0 fully saturated rings. The number of hydrogen-bond acceptors (Lipinski definition) is 6. The standard InChI is InChI=1S/C28H30ClN3O6S/c1-3-39(35,36)32(23-12-13-25-26(16-23)38-19-37-25)18-27(33)31(17-21-10-7-11-22(29)14-21)24(28(34)30-2)15-20-8-5-4-6-9-20/h4-14,16,24H,3,15,17-19H2,1-2H3,(H,30,34)/t24-/m1/s1. The van der Waals surface area contributed by atoms with E-state index in [4.69, 9.17) is 21.1 Å². The van der Waals surface area contributed by atoms with Crippen molar-refractivity contribution >= 4 is 39.1 Å². The van der Waals surface area contributed by atoms with Crippen molar-refractivity contribution in [2.45, 2.75) is 25.9 Å². The molecule has 0 spiro atoms. The van der Waals surface area contributed by atoms with Crippen LogP contribution in [0.5, 0.6) is 11.5 Å². The molecule has 0 unspecified atom stereocenters. The van der Waals surface area contributed by atoms with Gasteiger partial charge in [-0.25, -0.2) is 8.42 Å². The van der Waals surface area contributed by atoms with Crippen molar-refractivity contribution in [3.8, 4) is 11.5 Å². The third-order valence-corrected chi connectivity index (χ3v) is 8.36. The van der Waals surface area contributed by atoms with E-state index in [2.05, 4.69) is 5.32 Å². The molecule has 3 aromatic rings. The number of amides is 2. The molecule has 3 aromatic carbocycles. The van der Waals surface area contributed by atoms with Crippen LogP contribution in [0, 0.1) is 0 Å². The molecule has 0 saturated carbocycles. The summed E-state index contributed by atoms with van der Waals surface area (Å²) < 4.78 is 38.2. The number of carbonyl (C=O) groups is 2. The minimum Gasteiger partial charge on any atom is -0.454 e. The summed E-state index contributed by atoms with van der Waals surface area (Å²) in [5, 5.41) is 3.13. The van der Waals surface area contributed by atoms with Gasteiger partial charge >= 0.3 is 0 Å². The molecule has 0 bridgehead atoms. The van der Waals surface area contributed by atoms with Crippen LogP contribution < -0.4 is 19.1 Å². The monoisotopic (exact) mass is 571 g/mol. The van der Waals surface area contributed by atoms with Crippen LogP contribution in [0.1, 0.15) is 18.1 Å². The molecule has 1 N–H and O–H groups in total. The van der Waals surface area contributed by atoms with E-state index in [1.165, 1.54) is 24.9 Å². The maximum atomic E-state index is 14.0. The first-order chi connectivity index (χ1) is 18.7. The minimum absolute atomic E-state index is 0.0267. The fourth-order valence-electron chi connectivity index (χ4n) is 4.31. The highest BCUT2D eigenvalue weighted by Crippen LogP contribution is 2.36. The van der Waals surface area contributed by atoms with Gasteiger partial charge < -0.3 is 19.7 Å². The van der Waals surface area contributed by atoms with Gasteiger partial charge in [-0.3, -0.25) is 13.9 Å². The number of rotatable bonds is 11. The first-order valence-corrected chi connectivity index (χ1v) is 14.4. The SMILES string of the molecule is CCS(=O)(=O)N(CC(=O)N(Cc1cccc(Cl)c1)[C@H](Cc1ccccc1)C(=O)NC)c1ccc2c(c1)OCO2. The van der Waals surface area contributed by atoms with Crippen LogP contribution in [0.2, 0.25) is 5.02 Å². The van der Waals surface area contributed by atoms with Crippen LogP contribution in [0.25, 0.3) is 0 Å². The molecule has 0 saturated heterocycles. The molecule has 0 aromatic heterocycles. The highest BCUT2D eigenvalue weighted by Gasteiger charge is 2.33. The molecule has 11 heteroatoms. The lowest BCUT2D eigenvalue weighted by Gasteiger charge is -2.33. The molecule has 1 heterocycles. The highest BCUT2D eigenvalue weighted by atomic mass is 35.5. The molecular formula is C28H30ClN3O6S. The second-order valence-corrected chi connectivity index (χ2v) is 11.5. The third-order valence-electron chi connectivity index (χ3n) is 6.38. The Kier molecular flexibility index (Phi) is 8.98. The lowest BCUT2D eigenvalue weighted by atomic mass is 10.0. The molecule has 0 radical (unpaired) electrons. The van der Waals surface area contributed by atoms with Crippen molar-refractivity contribution in [1.82, 2.24) is 10.2 Å². The number of benzene rings is 3. The number of nitrogens with one attached hydrogen (secondary N) is 1. The third kappa shape index (κ3) is 6.82. The predicted octanol–water partition coefficient (Wildman–Crippen LogP) is 3.61. The number of hydrogen-bond donors (Lipinski definition) is 1. The summed E-state index contributed by atoms with van der Waals surface area (Å²) in [6, 6.07) is 20.1. The van der Waals surface area contributed by atoms with Crippen LogP contribution in [0.4, 0.5) is 5.69 Å². The zero-order valence-electron chi connectivity index (χ0n) is 21.7. The number of anilines is 1. The zero-order chi connectivity index (χ0) is 28.0. The normalized spacial score (nSPS) is 13.0. The van der Waals surface area contributed by atoms with E-state index in [-0.39, 0.29) is 37.1 Å². The van der Waals surface area contributed by atoms with E-state index in [0.29, 0.717) is 22.1 Å². The number of fused-ring (bicyclic) bond motifs is 1. The Morgan fingerprint density at radius 1 is 0.974 bits per heavy atom. The number of halogens is 1. The second-order valence-electron chi connectivity index (χ2n) is 8.92. The van der Waals surface area contributed by atoms with E-state index in [1.807, 2.05) is 30.3 Å². The number of ether oxygens (including phenoxy) is 2. The molecule has 206 valence electrons. The Morgan fingerprint density at radius 3 is 2.38 bits per heavy atom. The Balaban J connectivity index is 1.73. The van der Waals surface area contributed by atoms with E-state index < -0.39 is 28.5 Å². The largest absolute Gasteiger partial charge is 0.454 e. The molecule has 9 nitrogen and oxygen atoms in total. The molecule has 1 aliphatic heterocycles. The van der Waals surface area contributed by atoms with Crippen molar-refractivity contribution in [3.05, 3.63) is 88.9 Å². The number of nitrogens with zero attached hydrogens (tertiary/aromatic N) is 2. The Hall–Kier alpha value is -3.76. The fraction of sp³-hybridized carbons (Fsp3) is 0.286. The van der Waals surface area contributed by atoms with Gasteiger partial charge in [0.05, 0.1) is 11.4 Å². The maximum Gasteiger partial charge on any atom is 0.244 e. The lowest BCUT2D eigenvalue weighted by molar-refractivity contribution is -0.139. The zero-order valence-corrected chi connectivity index (χ0v) is 23.2. The summed E-state index contributed by atoms with van der Waals surface area (Å²) in [6.45, 7) is 1.06. The van der Waals surface area contributed by atoms with Crippen LogP contribution in [-0.2, 0) is 32.6 Å². The van der Waals surface area contributed by atoms with E-state index >= 15 is 0 Å². The average Bonchev–Trinajstić information content (AvgIpc) is 3.41. The number of sulfonamides is 1. The molecule has 0 aliphatic carbocycles. The molecular weight excluding hydrogens is 542 g/mol. The van der Waals surface area contributed by atoms with Gasteiger partial charge in [-0.2, -0.15) is 0 Å².